The van der Waals surface area contributed by atoms with Crippen LogP contribution in [0.25, 0.3) is 16.7 Å². The lowest BCUT2D eigenvalue weighted by Crippen LogP contribution is -2.43. The number of ether oxygens (including phenoxy) is 2. The third kappa shape index (κ3) is 15.4. The molecule has 0 radical (unpaired) electrons. The Balaban J connectivity index is 0.000000139. The van der Waals surface area contributed by atoms with Crippen molar-refractivity contribution in [3.63, 3.8) is 0 Å². The summed E-state index contributed by atoms with van der Waals surface area (Å²) in [6.07, 6.45) is 13.9. The Morgan fingerprint density at radius 3 is 1.72 bits per heavy atom. The number of para-hydroxylation sites is 1. The van der Waals surface area contributed by atoms with Gasteiger partial charge in [0.15, 0.2) is 17.4 Å². The van der Waals surface area contributed by atoms with Gasteiger partial charge in [-0.3, -0.25) is 43.8 Å². The van der Waals surface area contributed by atoms with Gasteiger partial charge >= 0.3 is 0 Å². The van der Waals surface area contributed by atoms with Gasteiger partial charge in [-0.1, -0.05) is 48.5 Å². The van der Waals surface area contributed by atoms with E-state index in [9.17, 15) is 28.4 Å². The quantitative estimate of drug-likeness (QED) is 0.0514. The highest BCUT2D eigenvalue weighted by Crippen LogP contribution is 2.34. The highest BCUT2D eigenvalue weighted by molar-refractivity contribution is 6.11. The molecule has 3 aromatic carbocycles. The van der Waals surface area contributed by atoms with Crippen molar-refractivity contribution in [3.8, 4) is 17.3 Å². The smallest absolute Gasteiger partial charge is 0.274 e. The molecule has 0 bridgehead atoms. The predicted molar refractivity (Wildman–Crippen MR) is 368 cm³/mol. The van der Waals surface area contributed by atoms with Gasteiger partial charge in [-0.25, -0.2) is 24.0 Å². The van der Waals surface area contributed by atoms with Gasteiger partial charge in [0.1, 0.15) is 34.5 Å². The Labute approximate surface area is 557 Å². The number of fused-ring (bicyclic) bond motifs is 2. The molecule has 0 saturated carbocycles. The number of pyridine rings is 6. The number of anilines is 8. The molecule has 0 unspecified atom stereocenters. The molecule has 494 valence electrons. The molecule has 0 spiro atoms. The molecule has 26 nitrogen and oxygen atoms in total. The van der Waals surface area contributed by atoms with Crippen LogP contribution in [0.15, 0.2) is 177 Å². The van der Waals surface area contributed by atoms with Crippen LogP contribution in [0.4, 0.5) is 50.2 Å². The number of carbonyl (C=O) groups is 5. The number of hydrogen-bond donors (Lipinski definition) is 7. The monoisotopic (exact) mass is 1310 g/mol. The summed E-state index contributed by atoms with van der Waals surface area (Å²) in [4.78, 5) is 98.1. The Hall–Kier alpha value is -11.8. The Bertz CT molecular complexity index is 4510. The van der Waals surface area contributed by atoms with Gasteiger partial charge in [0.2, 0.25) is 0 Å². The Morgan fingerprint density at radius 1 is 0.567 bits per heavy atom. The lowest BCUT2D eigenvalue weighted by molar-refractivity contribution is 0.0985. The van der Waals surface area contributed by atoms with Crippen LogP contribution >= 0.6 is 0 Å². The maximum atomic E-state index is 14.7. The van der Waals surface area contributed by atoms with Crippen molar-refractivity contribution < 1.29 is 37.8 Å². The van der Waals surface area contributed by atoms with E-state index in [4.69, 9.17) is 15.2 Å². The lowest BCUT2D eigenvalue weighted by atomic mass is 10.1. The number of piperidine rings is 1. The van der Waals surface area contributed by atoms with Crippen LogP contribution in [0.3, 0.4) is 0 Å². The predicted octanol–water partition coefficient (Wildman–Crippen LogP) is 7.84. The summed E-state index contributed by atoms with van der Waals surface area (Å²) in [5.41, 5.74) is 13.2. The van der Waals surface area contributed by atoms with E-state index < -0.39 is 17.6 Å². The van der Waals surface area contributed by atoms with Crippen molar-refractivity contribution in [3.05, 3.63) is 216 Å². The molecule has 7 aromatic heterocycles. The molecule has 27 heteroatoms. The number of benzene rings is 3. The SMILES string of the molecule is COc1ccc2c(c1F)C(=O)N(c1cccc(C(=O)Nc3cnccc3N3CCNCC3)n1)C2.COc1cccc(C(=O)Nc2cccc(C(=O)Nc3cnccc3N3CCNCC3)n2)c1.N[C@@H]1CCCN(c2ccncc2NC(=O)c2cccc(-n3ncc4ccccc43)n2)C1. The summed E-state index contributed by atoms with van der Waals surface area (Å²) < 4.78 is 26.6. The van der Waals surface area contributed by atoms with Gasteiger partial charge in [0.05, 0.1) is 90.8 Å². The number of rotatable bonds is 15. The number of nitrogens with one attached hydrogen (secondary N) is 6. The number of nitrogens with two attached hydrogens (primary N) is 1. The van der Waals surface area contributed by atoms with E-state index in [2.05, 4.69) is 81.6 Å². The molecule has 4 aliphatic heterocycles. The molecule has 3 saturated heterocycles. The first-order chi connectivity index (χ1) is 47.4. The van der Waals surface area contributed by atoms with E-state index in [0.717, 1.165) is 106 Å². The standard InChI is InChI=1S/C24H23FN6O3.C23H23N7O.C23H24N6O3/c1-34-19-6-5-15-14-31(24(33)21(15)22(19)25)20-4-2-3-16(28-20)23(32)29-17-13-27-8-7-18(17)30-11-9-26-10-12-30;24-17-6-4-12-29(15-17)21-10-11-25-14-19(21)28-23(31)18-7-3-9-22(27-18)30-20-8-2-1-5-16(20)13-26-30;1-32-17-5-2-4-16(14-17)22(30)28-21-7-3-6-18(26-21)23(31)27-19-15-25-9-8-20(19)29-12-10-24-11-13-29/h2-8,13,26H,9-12,14H2,1H3,(H,29,32);1-3,5,7-11,13-14,17H,4,6,12,15,24H2,(H,28,31);2-9,14-15,24H,10-13H2,1H3,(H,27,31)(H,26,28,30)/t;17-;/m.1./s1. The van der Waals surface area contributed by atoms with Crippen molar-refractivity contribution in [2.75, 3.05) is 121 Å². The molecule has 5 amide bonds. The van der Waals surface area contributed by atoms with E-state index in [0.29, 0.717) is 45.5 Å². The fourth-order valence-electron chi connectivity index (χ4n) is 11.7. The molecule has 11 heterocycles. The van der Waals surface area contributed by atoms with Crippen molar-refractivity contribution in [1.82, 2.24) is 50.3 Å². The van der Waals surface area contributed by atoms with Crippen LogP contribution < -0.4 is 66.7 Å². The highest BCUT2D eigenvalue weighted by atomic mass is 19.1. The average molecular weight is 1310 g/mol. The Morgan fingerprint density at radius 2 is 1.12 bits per heavy atom. The zero-order valence-corrected chi connectivity index (χ0v) is 53.2. The molecule has 14 rings (SSSR count). The summed E-state index contributed by atoms with van der Waals surface area (Å²) in [5.74, 6) is -0.960. The van der Waals surface area contributed by atoms with Crippen molar-refractivity contribution in [2.24, 2.45) is 5.73 Å². The van der Waals surface area contributed by atoms with Gasteiger partial charge in [-0.15, -0.1) is 0 Å². The number of nitrogens with zero attached hydrogens (tertiary/aromatic N) is 12. The first kappa shape index (κ1) is 65.3. The maximum absolute atomic E-state index is 14.7. The summed E-state index contributed by atoms with van der Waals surface area (Å²) in [6, 6.07) is 38.7. The minimum atomic E-state index is -0.696. The van der Waals surface area contributed by atoms with Gasteiger partial charge < -0.3 is 61.8 Å². The third-order valence-electron chi connectivity index (χ3n) is 16.5. The number of hydrogen-bond acceptors (Lipinski definition) is 20. The number of piperazine rings is 2. The Kier molecular flexibility index (Phi) is 20.5. The molecule has 4 aliphatic rings. The third-order valence-corrected chi connectivity index (χ3v) is 16.5. The molecular formula is C70H70FN19O7. The number of aromatic nitrogens is 8. The molecular weight excluding hydrogens is 1240 g/mol. The van der Waals surface area contributed by atoms with Crippen LogP contribution in [-0.4, -0.2) is 155 Å². The largest absolute Gasteiger partial charge is 0.497 e. The van der Waals surface area contributed by atoms with E-state index in [1.165, 1.54) is 25.2 Å². The van der Waals surface area contributed by atoms with E-state index in [1.54, 1.807) is 121 Å². The van der Waals surface area contributed by atoms with Crippen LogP contribution in [0.1, 0.15) is 70.6 Å². The average Bonchev–Trinajstić information content (AvgIpc) is 1.64. The normalized spacial score (nSPS) is 15.0. The minimum absolute atomic E-state index is 0.00630. The number of halogens is 1. The fourth-order valence-corrected chi connectivity index (χ4v) is 11.7. The van der Waals surface area contributed by atoms with Gasteiger partial charge in [-0.05, 0) is 103 Å². The van der Waals surface area contributed by atoms with Crippen LogP contribution in [0.2, 0.25) is 0 Å². The van der Waals surface area contributed by atoms with E-state index >= 15 is 0 Å². The second-order valence-corrected chi connectivity index (χ2v) is 22.8. The molecule has 8 N–H and O–H groups in total. The van der Waals surface area contributed by atoms with Gasteiger partial charge in [0, 0.05) is 101 Å². The first-order valence-electron chi connectivity index (χ1n) is 31.5. The lowest BCUT2D eigenvalue weighted by Gasteiger charge is -2.33. The second kappa shape index (κ2) is 30.5. The number of methoxy groups -OCH3 is 2. The van der Waals surface area contributed by atoms with Gasteiger partial charge in [0.25, 0.3) is 29.5 Å². The molecule has 0 aliphatic carbocycles. The van der Waals surface area contributed by atoms with E-state index in [-0.39, 0.29) is 64.6 Å². The van der Waals surface area contributed by atoms with Crippen LogP contribution in [0, 0.1) is 5.82 Å². The first-order valence-corrected chi connectivity index (χ1v) is 31.5. The summed E-state index contributed by atoms with van der Waals surface area (Å²) in [5, 5.41) is 23.5. The zero-order valence-electron chi connectivity index (χ0n) is 53.2. The second-order valence-electron chi connectivity index (χ2n) is 22.8. The minimum Gasteiger partial charge on any atom is -0.497 e. The summed E-state index contributed by atoms with van der Waals surface area (Å²) in [7, 11) is 2.89. The number of carbonyl (C=O) groups excluding carboxylic acids is 5. The van der Waals surface area contributed by atoms with Gasteiger partial charge in [-0.2, -0.15) is 5.10 Å². The summed E-state index contributed by atoms with van der Waals surface area (Å²) >= 11 is 0. The van der Waals surface area contributed by atoms with E-state index in [1.807, 2.05) is 54.6 Å². The highest BCUT2D eigenvalue weighted by Gasteiger charge is 2.34. The summed E-state index contributed by atoms with van der Waals surface area (Å²) in [6.45, 7) is 8.62. The molecule has 1 atom stereocenters. The zero-order chi connectivity index (χ0) is 67.2. The topological polar surface area (TPSA) is 310 Å². The van der Waals surface area contributed by atoms with Crippen molar-refractivity contribution in [1.29, 1.82) is 0 Å². The molecule has 3 fully saturated rings. The van der Waals surface area contributed by atoms with Crippen molar-refractivity contribution in [2.45, 2.75) is 25.4 Å². The fraction of sp³-hybridized carbons (Fsp3) is 0.229. The van der Waals surface area contributed by atoms with Crippen LogP contribution in [0.5, 0.6) is 11.5 Å². The van der Waals surface area contributed by atoms with Crippen molar-refractivity contribution >= 4 is 86.2 Å². The molecule has 97 heavy (non-hydrogen) atoms. The number of amides is 5. The van der Waals surface area contributed by atoms with Crippen LogP contribution in [-0.2, 0) is 6.54 Å². The molecule has 10 aromatic rings. The maximum Gasteiger partial charge on any atom is 0.274 e.